The van der Waals surface area contributed by atoms with Crippen LogP contribution in [-0.4, -0.2) is 75.1 Å². The molecular formula is C14H33N5O3. The molecule has 2 saturated heterocycles. The molecule has 132 valence electrons. The third-order valence-corrected chi connectivity index (χ3v) is 4.43. The molecule has 0 aromatic carbocycles. The number of hydrazine groups is 2. The summed E-state index contributed by atoms with van der Waals surface area (Å²) in [5.41, 5.74) is 0. The van der Waals surface area contributed by atoms with Gasteiger partial charge in [0.1, 0.15) is 0 Å². The Kier molecular flexibility index (Phi) is 8.15. The first-order chi connectivity index (χ1) is 10.4. The van der Waals surface area contributed by atoms with Crippen molar-refractivity contribution in [2.75, 3.05) is 32.7 Å². The van der Waals surface area contributed by atoms with Crippen LogP contribution in [0.1, 0.15) is 39.5 Å². The van der Waals surface area contributed by atoms with E-state index in [2.05, 4.69) is 0 Å². The average Bonchev–Trinajstić information content (AvgIpc) is 2.49. The van der Waals surface area contributed by atoms with Crippen molar-refractivity contribution in [3.63, 3.8) is 0 Å². The van der Waals surface area contributed by atoms with Crippen LogP contribution in [0.15, 0.2) is 0 Å². The summed E-state index contributed by atoms with van der Waals surface area (Å²) in [5.74, 6) is 11.8. The van der Waals surface area contributed by atoms with Crippen molar-refractivity contribution in [2.24, 2.45) is 17.6 Å². The molecule has 2 heterocycles. The zero-order valence-corrected chi connectivity index (χ0v) is 13.9. The Morgan fingerprint density at radius 3 is 1.73 bits per heavy atom. The predicted octanol–water partition coefficient (Wildman–Crippen LogP) is -1.17. The lowest BCUT2D eigenvalue weighted by molar-refractivity contribution is -0.404. The zero-order valence-electron chi connectivity index (χ0n) is 13.9. The number of nitrogens with two attached hydrogens (primary N) is 2. The second kappa shape index (κ2) is 9.09. The number of hydrogen-bond donors (Lipinski definition) is 5. The minimum atomic E-state index is -2.76. The lowest BCUT2D eigenvalue weighted by Gasteiger charge is -2.43. The van der Waals surface area contributed by atoms with Gasteiger partial charge in [0.15, 0.2) is 0 Å². The highest BCUT2D eigenvalue weighted by molar-refractivity contribution is 4.82. The highest BCUT2D eigenvalue weighted by Gasteiger charge is 2.38. The van der Waals surface area contributed by atoms with E-state index < -0.39 is 6.10 Å². The maximum absolute atomic E-state index is 9.64. The van der Waals surface area contributed by atoms with Crippen molar-refractivity contribution >= 4 is 0 Å². The Bertz CT molecular complexity index is 297. The standard InChI is InChI=1S/C12H27N5O3.C2H6/c13-15-5-1-10(2-6-15)9-17(12(18,19)20)11-3-7-16(14)8-4-11;1-2/h10-11,18-20H,1-9,13-14H2;1-2H3. The number of piperidine rings is 2. The van der Waals surface area contributed by atoms with Crippen LogP contribution in [0.25, 0.3) is 0 Å². The Balaban J connectivity index is 0.00000116. The first-order valence-electron chi connectivity index (χ1n) is 8.29. The predicted molar refractivity (Wildman–Crippen MR) is 84.7 cm³/mol. The van der Waals surface area contributed by atoms with E-state index >= 15 is 0 Å². The third kappa shape index (κ3) is 6.05. The van der Waals surface area contributed by atoms with Gasteiger partial charge in [-0.2, -0.15) is 0 Å². The van der Waals surface area contributed by atoms with Gasteiger partial charge >= 0.3 is 6.10 Å². The van der Waals surface area contributed by atoms with Crippen LogP contribution >= 0.6 is 0 Å². The topological polar surface area (TPSA) is 122 Å². The molecule has 0 aromatic heterocycles. The average molecular weight is 319 g/mol. The smallest absolute Gasteiger partial charge is 0.330 e. The molecule has 0 unspecified atom stereocenters. The van der Waals surface area contributed by atoms with E-state index in [1.165, 1.54) is 4.90 Å². The molecule has 8 heteroatoms. The molecule has 0 bridgehead atoms. The lowest BCUT2D eigenvalue weighted by Crippen LogP contribution is -2.59. The first-order valence-corrected chi connectivity index (χ1v) is 8.29. The van der Waals surface area contributed by atoms with Crippen molar-refractivity contribution in [2.45, 2.75) is 51.7 Å². The van der Waals surface area contributed by atoms with Gasteiger partial charge in [0.25, 0.3) is 0 Å². The van der Waals surface area contributed by atoms with Crippen LogP contribution in [0.5, 0.6) is 0 Å². The Labute approximate surface area is 133 Å². The van der Waals surface area contributed by atoms with Crippen molar-refractivity contribution in [1.82, 2.24) is 14.9 Å². The molecule has 7 N–H and O–H groups in total. The van der Waals surface area contributed by atoms with Gasteiger partial charge in [-0.3, -0.25) is 11.7 Å². The number of nitrogens with zero attached hydrogens (tertiary/aromatic N) is 3. The summed E-state index contributed by atoms with van der Waals surface area (Å²) in [4.78, 5) is 1.40. The zero-order chi connectivity index (χ0) is 16.8. The molecule has 0 spiro atoms. The van der Waals surface area contributed by atoms with Gasteiger partial charge in [0.2, 0.25) is 0 Å². The van der Waals surface area contributed by atoms with Crippen molar-refractivity contribution in [3.8, 4) is 0 Å². The molecule has 2 fully saturated rings. The summed E-state index contributed by atoms with van der Waals surface area (Å²) in [6, 6.07) is -0.0642. The molecular weight excluding hydrogens is 286 g/mol. The number of rotatable bonds is 4. The monoisotopic (exact) mass is 319 g/mol. The lowest BCUT2D eigenvalue weighted by atomic mass is 9.95. The fourth-order valence-corrected chi connectivity index (χ4v) is 3.13. The number of hydrogen-bond acceptors (Lipinski definition) is 8. The Morgan fingerprint density at radius 1 is 0.909 bits per heavy atom. The number of aliphatic hydroxyl groups is 3. The van der Waals surface area contributed by atoms with Crippen LogP contribution < -0.4 is 11.7 Å². The molecule has 0 amide bonds. The minimum Gasteiger partial charge on any atom is -0.330 e. The van der Waals surface area contributed by atoms with Gasteiger partial charge in [-0.05, 0) is 31.6 Å². The summed E-state index contributed by atoms with van der Waals surface area (Å²) in [7, 11) is 0. The fourth-order valence-electron chi connectivity index (χ4n) is 3.13. The molecule has 0 radical (unpaired) electrons. The largest absolute Gasteiger partial charge is 0.346 e. The van der Waals surface area contributed by atoms with E-state index in [4.69, 9.17) is 11.7 Å². The molecule has 22 heavy (non-hydrogen) atoms. The molecule has 0 aromatic rings. The van der Waals surface area contributed by atoms with E-state index in [0.29, 0.717) is 25.6 Å². The second-order valence-corrected chi connectivity index (χ2v) is 6.00. The molecule has 0 saturated carbocycles. The van der Waals surface area contributed by atoms with Gasteiger partial charge in [-0.15, -0.1) is 0 Å². The molecule has 8 nitrogen and oxygen atoms in total. The SMILES string of the molecule is CC.NN1CCC(CN(C2CCN(N)CC2)C(O)(O)O)CC1. The van der Waals surface area contributed by atoms with E-state index in [1.54, 1.807) is 10.0 Å². The quantitative estimate of drug-likeness (QED) is 0.324. The van der Waals surface area contributed by atoms with Crippen molar-refractivity contribution < 1.29 is 15.3 Å². The van der Waals surface area contributed by atoms with E-state index in [1.807, 2.05) is 13.8 Å². The third-order valence-electron chi connectivity index (χ3n) is 4.43. The molecule has 2 aliphatic heterocycles. The van der Waals surface area contributed by atoms with Crippen molar-refractivity contribution in [3.05, 3.63) is 0 Å². The molecule has 2 rings (SSSR count). The molecule has 0 atom stereocenters. The highest BCUT2D eigenvalue weighted by atomic mass is 16.7. The fraction of sp³-hybridized carbons (Fsp3) is 1.00. The van der Waals surface area contributed by atoms with E-state index in [-0.39, 0.29) is 6.04 Å². The van der Waals surface area contributed by atoms with Crippen LogP contribution in [0.4, 0.5) is 0 Å². The van der Waals surface area contributed by atoms with E-state index in [9.17, 15) is 15.3 Å². The van der Waals surface area contributed by atoms with Crippen LogP contribution in [0, 0.1) is 5.92 Å². The minimum absolute atomic E-state index is 0.0642. The van der Waals surface area contributed by atoms with Crippen LogP contribution in [-0.2, 0) is 0 Å². The van der Waals surface area contributed by atoms with Gasteiger partial charge in [0, 0.05) is 38.8 Å². The summed E-state index contributed by atoms with van der Waals surface area (Å²) in [6.07, 6.45) is 0.476. The Morgan fingerprint density at radius 2 is 1.32 bits per heavy atom. The Hall–Kier alpha value is -0.320. The summed E-state index contributed by atoms with van der Waals surface area (Å²) in [6.45, 7) is 7.45. The van der Waals surface area contributed by atoms with Gasteiger partial charge < -0.3 is 15.3 Å². The maximum atomic E-state index is 9.64. The van der Waals surface area contributed by atoms with Crippen molar-refractivity contribution in [1.29, 1.82) is 0 Å². The van der Waals surface area contributed by atoms with Crippen LogP contribution in [0.3, 0.4) is 0 Å². The van der Waals surface area contributed by atoms with Gasteiger partial charge in [-0.1, -0.05) is 13.8 Å². The molecule has 0 aliphatic carbocycles. The summed E-state index contributed by atoms with van der Waals surface area (Å²) < 4.78 is 0. The van der Waals surface area contributed by atoms with Gasteiger partial charge in [-0.25, -0.2) is 14.9 Å². The first kappa shape index (κ1) is 19.7. The van der Waals surface area contributed by atoms with Crippen LogP contribution in [0.2, 0.25) is 0 Å². The maximum Gasteiger partial charge on any atom is 0.346 e. The van der Waals surface area contributed by atoms with Gasteiger partial charge in [0.05, 0.1) is 0 Å². The highest BCUT2D eigenvalue weighted by Crippen LogP contribution is 2.25. The summed E-state index contributed by atoms with van der Waals surface area (Å²) >= 11 is 0. The summed E-state index contributed by atoms with van der Waals surface area (Å²) in [5, 5.41) is 32.4. The van der Waals surface area contributed by atoms with E-state index in [0.717, 1.165) is 38.8 Å². The normalized spacial score (nSPS) is 23.5. The molecule has 2 aliphatic rings. The second-order valence-electron chi connectivity index (χ2n) is 6.00.